The number of rotatable bonds is 4. The van der Waals surface area contributed by atoms with Crippen molar-refractivity contribution in [1.29, 1.82) is 0 Å². The van der Waals surface area contributed by atoms with Gasteiger partial charge in [0.2, 0.25) is 5.91 Å². The van der Waals surface area contributed by atoms with Crippen molar-refractivity contribution in [1.82, 2.24) is 5.32 Å². The Hall–Kier alpha value is -1.02. The number of benzene rings is 1. The Morgan fingerprint density at radius 3 is 2.39 bits per heavy atom. The van der Waals surface area contributed by atoms with Crippen LogP contribution in [0.25, 0.3) is 0 Å². The molecule has 6 nitrogen and oxygen atoms in total. The molecule has 0 aliphatic carbocycles. The molecule has 4 rings (SSSR count). The van der Waals surface area contributed by atoms with Gasteiger partial charge in [0.1, 0.15) is 0 Å². The summed E-state index contributed by atoms with van der Waals surface area (Å²) in [6.07, 6.45) is 5.28. The number of fused-ring (bicyclic) bond motifs is 2. The second kappa shape index (κ2) is 9.65. The van der Waals surface area contributed by atoms with E-state index in [0.717, 1.165) is 24.2 Å². The molecule has 0 spiro atoms. The predicted molar refractivity (Wildman–Crippen MR) is 118 cm³/mol. The number of halogens is 2. The maximum absolute atomic E-state index is 12.5. The van der Waals surface area contributed by atoms with Crippen molar-refractivity contribution < 1.29 is 13.2 Å². The average molecular weight is 450 g/mol. The number of carbonyl (C=O) groups is 1. The maximum atomic E-state index is 12.5. The fraction of sp³-hybridized carbons (Fsp3) is 0.632. The molecule has 3 saturated heterocycles. The van der Waals surface area contributed by atoms with Crippen LogP contribution in [0.1, 0.15) is 32.1 Å². The first kappa shape index (κ1) is 23.3. The monoisotopic (exact) mass is 449 g/mol. The minimum Gasteiger partial charge on any atom is -0.369 e. The van der Waals surface area contributed by atoms with E-state index < -0.39 is 9.84 Å². The van der Waals surface area contributed by atoms with E-state index >= 15 is 0 Å². The molecule has 0 saturated carbocycles. The first-order valence-electron chi connectivity index (χ1n) is 9.58. The van der Waals surface area contributed by atoms with E-state index in [2.05, 4.69) is 15.5 Å². The molecule has 2 unspecified atom stereocenters. The summed E-state index contributed by atoms with van der Waals surface area (Å²) in [5, 5.41) is 6.64. The molecule has 1 aromatic carbocycles. The summed E-state index contributed by atoms with van der Waals surface area (Å²) in [6, 6.07) is 8.93. The lowest BCUT2D eigenvalue weighted by Crippen LogP contribution is -2.40. The van der Waals surface area contributed by atoms with E-state index in [1.165, 1.54) is 12.8 Å². The van der Waals surface area contributed by atoms with E-state index in [4.69, 9.17) is 0 Å². The van der Waals surface area contributed by atoms with Crippen molar-refractivity contribution in [2.75, 3.05) is 34.8 Å². The van der Waals surface area contributed by atoms with Gasteiger partial charge in [-0.2, -0.15) is 0 Å². The largest absolute Gasteiger partial charge is 0.369 e. The average Bonchev–Trinajstić information content (AvgIpc) is 2.93. The molecule has 1 amide bonds. The van der Waals surface area contributed by atoms with Crippen LogP contribution >= 0.6 is 24.8 Å². The van der Waals surface area contributed by atoms with Crippen molar-refractivity contribution in [2.45, 2.75) is 44.2 Å². The van der Waals surface area contributed by atoms with Crippen LogP contribution in [0.15, 0.2) is 24.3 Å². The molecule has 0 radical (unpaired) electrons. The van der Waals surface area contributed by atoms with Crippen LogP contribution in [0.4, 0.5) is 11.4 Å². The maximum Gasteiger partial charge on any atom is 0.224 e. The highest BCUT2D eigenvalue weighted by atomic mass is 35.5. The topological polar surface area (TPSA) is 78.5 Å². The smallest absolute Gasteiger partial charge is 0.224 e. The summed E-state index contributed by atoms with van der Waals surface area (Å²) in [5.41, 5.74) is 1.76. The van der Waals surface area contributed by atoms with Crippen LogP contribution in [0.2, 0.25) is 0 Å². The van der Waals surface area contributed by atoms with E-state index in [1.54, 1.807) is 0 Å². The van der Waals surface area contributed by atoms with Crippen molar-refractivity contribution in [3.63, 3.8) is 0 Å². The van der Waals surface area contributed by atoms with E-state index in [-0.39, 0.29) is 42.2 Å². The summed E-state index contributed by atoms with van der Waals surface area (Å²) >= 11 is 0. The van der Waals surface area contributed by atoms with Gasteiger partial charge in [-0.3, -0.25) is 4.79 Å². The Bertz CT molecular complexity index is 764. The molecular weight excluding hydrogens is 421 g/mol. The highest BCUT2D eigenvalue weighted by Crippen LogP contribution is 2.33. The Kier molecular flexibility index (Phi) is 8.02. The van der Waals surface area contributed by atoms with Crippen molar-refractivity contribution in [3.05, 3.63) is 24.3 Å². The van der Waals surface area contributed by atoms with Gasteiger partial charge < -0.3 is 15.5 Å². The number of hydrogen-bond donors (Lipinski definition) is 2. The Morgan fingerprint density at radius 1 is 1.11 bits per heavy atom. The van der Waals surface area contributed by atoms with Gasteiger partial charge in [-0.1, -0.05) is 6.07 Å². The quantitative estimate of drug-likeness (QED) is 0.738. The molecule has 1 aromatic rings. The normalized spacial score (nSPS) is 28.0. The fourth-order valence-electron chi connectivity index (χ4n) is 4.57. The standard InChI is InChI=1S/C19H27N3O3S.2ClH/c23-19(12-14-10-16-4-5-17(11-14)20-16)21-15-2-1-3-18(13-15)22-6-8-26(24,25)9-7-22;;/h1-3,13-14,16-17,20H,4-12H2,(H,21,23);2*1H. The Labute approximate surface area is 179 Å². The lowest BCUT2D eigenvalue weighted by molar-refractivity contribution is -0.117. The van der Waals surface area contributed by atoms with E-state index in [9.17, 15) is 13.2 Å². The molecule has 0 aromatic heterocycles. The van der Waals surface area contributed by atoms with Gasteiger partial charge in [0.05, 0.1) is 11.5 Å². The molecule has 2 bridgehead atoms. The second-order valence-electron chi connectivity index (χ2n) is 7.92. The Morgan fingerprint density at radius 2 is 1.75 bits per heavy atom. The van der Waals surface area contributed by atoms with Gasteiger partial charge in [0, 0.05) is 43.0 Å². The first-order chi connectivity index (χ1) is 12.5. The fourth-order valence-corrected chi connectivity index (χ4v) is 5.77. The van der Waals surface area contributed by atoms with Gasteiger partial charge in [-0.25, -0.2) is 8.42 Å². The van der Waals surface area contributed by atoms with Crippen molar-refractivity contribution >= 4 is 51.9 Å². The molecule has 3 aliphatic heterocycles. The first-order valence-corrected chi connectivity index (χ1v) is 11.4. The molecular formula is C19H29Cl2N3O3S. The van der Waals surface area contributed by atoms with Crippen molar-refractivity contribution in [2.24, 2.45) is 5.92 Å². The number of piperidine rings is 1. The third-order valence-electron chi connectivity index (χ3n) is 5.88. The number of anilines is 2. The second-order valence-corrected chi connectivity index (χ2v) is 10.2. The highest BCUT2D eigenvalue weighted by Gasteiger charge is 2.34. The molecule has 3 heterocycles. The zero-order valence-electron chi connectivity index (χ0n) is 15.8. The lowest BCUT2D eigenvalue weighted by Gasteiger charge is -2.29. The molecule has 158 valence electrons. The van der Waals surface area contributed by atoms with Crippen LogP contribution in [0, 0.1) is 5.92 Å². The van der Waals surface area contributed by atoms with E-state index in [0.29, 0.717) is 37.5 Å². The SMILES string of the molecule is Cl.Cl.O=C(CC1CC2CCC(C1)N2)Nc1cccc(N2CCS(=O)(=O)CC2)c1. The molecule has 3 fully saturated rings. The van der Waals surface area contributed by atoms with Gasteiger partial charge >= 0.3 is 0 Å². The molecule has 9 heteroatoms. The van der Waals surface area contributed by atoms with E-state index in [1.807, 2.05) is 24.3 Å². The van der Waals surface area contributed by atoms with Crippen molar-refractivity contribution in [3.8, 4) is 0 Å². The van der Waals surface area contributed by atoms with Crippen LogP contribution in [-0.2, 0) is 14.6 Å². The summed E-state index contributed by atoms with van der Waals surface area (Å²) in [4.78, 5) is 14.5. The molecule has 28 heavy (non-hydrogen) atoms. The minimum absolute atomic E-state index is 0. The molecule has 2 N–H and O–H groups in total. The van der Waals surface area contributed by atoms with Gasteiger partial charge in [-0.15, -0.1) is 24.8 Å². The lowest BCUT2D eigenvalue weighted by atomic mass is 9.89. The van der Waals surface area contributed by atoms with Gasteiger partial charge in [0.15, 0.2) is 9.84 Å². The third-order valence-corrected chi connectivity index (χ3v) is 7.49. The van der Waals surface area contributed by atoms with Crippen LogP contribution in [-0.4, -0.2) is 51.0 Å². The zero-order valence-corrected chi connectivity index (χ0v) is 18.3. The van der Waals surface area contributed by atoms with Gasteiger partial charge in [0.25, 0.3) is 0 Å². The summed E-state index contributed by atoms with van der Waals surface area (Å²) < 4.78 is 23.2. The number of amides is 1. The summed E-state index contributed by atoms with van der Waals surface area (Å²) in [7, 11) is -2.89. The van der Waals surface area contributed by atoms with Crippen LogP contribution in [0.5, 0.6) is 0 Å². The third kappa shape index (κ3) is 5.75. The summed E-state index contributed by atoms with van der Waals surface area (Å²) in [6.45, 7) is 1.02. The number of sulfone groups is 1. The minimum atomic E-state index is -2.89. The number of hydrogen-bond acceptors (Lipinski definition) is 5. The van der Waals surface area contributed by atoms with Crippen LogP contribution in [0.3, 0.4) is 0 Å². The predicted octanol–water partition coefficient (Wildman–Crippen LogP) is 2.62. The number of carbonyl (C=O) groups excluding carboxylic acids is 1. The molecule has 2 atom stereocenters. The van der Waals surface area contributed by atoms with Crippen LogP contribution < -0.4 is 15.5 Å². The van der Waals surface area contributed by atoms with Gasteiger partial charge in [-0.05, 0) is 49.8 Å². The Balaban J connectivity index is 0.00000140. The number of nitrogens with one attached hydrogen (secondary N) is 2. The zero-order chi connectivity index (χ0) is 18.1. The highest BCUT2D eigenvalue weighted by molar-refractivity contribution is 7.91. The number of nitrogens with zero attached hydrogens (tertiary/aromatic N) is 1. The summed E-state index contributed by atoms with van der Waals surface area (Å²) in [5.74, 6) is 0.947. The molecule has 3 aliphatic rings.